The van der Waals surface area contributed by atoms with E-state index in [4.69, 9.17) is 0 Å². The third kappa shape index (κ3) is 3.80. The number of rotatable bonds is 4. The van der Waals surface area contributed by atoms with E-state index < -0.39 is 0 Å². The monoisotopic (exact) mass is 324 g/mol. The molecule has 1 saturated heterocycles. The third-order valence-corrected chi connectivity index (χ3v) is 4.66. The molecule has 1 N–H and O–H groups in total. The van der Waals surface area contributed by atoms with Crippen molar-refractivity contribution < 1.29 is 0 Å². The van der Waals surface area contributed by atoms with Crippen molar-refractivity contribution in [1.29, 1.82) is 0 Å². The predicted molar refractivity (Wildman–Crippen MR) is 85.4 cm³/mol. The summed E-state index contributed by atoms with van der Waals surface area (Å²) < 4.78 is 1.17. The molecule has 0 spiro atoms. The Morgan fingerprint density at radius 2 is 2.26 bits per heavy atom. The van der Waals surface area contributed by atoms with E-state index in [1.807, 2.05) is 0 Å². The minimum absolute atomic E-state index is 0.481. The first-order valence-electron chi connectivity index (χ1n) is 7.36. The van der Waals surface area contributed by atoms with Crippen LogP contribution in [0, 0.1) is 0 Å². The van der Waals surface area contributed by atoms with E-state index in [-0.39, 0.29) is 0 Å². The zero-order valence-electron chi connectivity index (χ0n) is 12.2. The fraction of sp³-hybridized carbons (Fsp3) is 0.625. The van der Waals surface area contributed by atoms with Gasteiger partial charge in [-0.15, -0.1) is 0 Å². The highest BCUT2D eigenvalue weighted by molar-refractivity contribution is 9.10. The van der Waals surface area contributed by atoms with Crippen LogP contribution in [0.25, 0.3) is 0 Å². The van der Waals surface area contributed by atoms with E-state index >= 15 is 0 Å². The Labute approximate surface area is 125 Å². The smallest absolute Gasteiger partial charge is 0.0324 e. The Morgan fingerprint density at radius 3 is 2.95 bits per heavy atom. The second kappa shape index (κ2) is 6.87. The molecule has 0 bridgehead atoms. The van der Waals surface area contributed by atoms with Crippen LogP contribution in [0.3, 0.4) is 0 Å². The molecule has 106 valence electrons. The van der Waals surface area contributed by atoms with Gasteiger partial charge in [-0.3, -0.25) is 4.90 Å². The molecular formula is C16H25BrN2. The molecule has 1 fully saturated rings. The number of hydrogen-bond acceptors (Lipinski definition) is 2. The number of piperazine rings is 1. The number of nitrogens with one attached hydrogen (secondary N) is 1. The van der Waals surface area contributed by atoms with Crippen molar-refractivity contribution in [1.82, 2.24) is 10.2 Å². The maximum atomic E-state index is 3.67. The van der Waals surface area contributed by atoms with Crippen LogP contribution < -0.4 is 5.32 Å². The highest BCUT2D eigenvalue weighted by Crippen LogP contribution is 2.27. The van der Waals surface area contributed by atoms with Crippen LogP contribution in [-0.4, -0.2) is 30.1 Å². The van der Waals surface area contributed by atoms with Crippen LogP contribution in [0.2, 0.25) is 0 Å². The average Bonchev–Trinajstić information content (AvgIpc) is 2.40. The van der Waals surface area contributed by atoms with Crippen LogP contribution in [0.4, 0.5) is 0 Å². The molecule has 1 heterocycles. The van der Waals surface area contributed by atoms with Gasteiger partial charge in [0.2, 0.25) is 0 Å². The van der Waals surface area contributed by atoms with Gasteiger partial charge >= 0.3 is 0 Å². The van der Waals surface area contributed by atoms with Gasteiger partial charge in [-0.25, -0.2) is 0 Å². The Kier molecular flexibility index (Phi) is 5.43. The molecular weight excluding hydrogens is 300 g/mol. The van der Waals surface area contributed by atoms with Gasteiger partial charge in [0.25, 0.3) is 0 Å². The van der Waals surface area contributed by atoms with Gasteiger partial charge in [-0.2, -0.15) is 0 Å². The molecule has 0 radical (unpaired) electrons. The lowest BCUT2D eigenvalue weighted by Crippen LogP contribution is -2.55. The second-order valence-electron chi connectivity index (χ2n) is 5.67. The lowest BCUT2D eigenvalue weighted by molar-refractivity contribution is 0.0959. The minimum atomic E-state index is 0.481. The number of hydrogen-bond donors (Lipinski definition) is 1. The molecule has 1 aromatic rings. The van der Waals surface area contributed by atoms with Gasteiger partial charge < -0.3 is 5.32 Å². The largest absolute Gasteiger partial charge is 0.311 e. The summed E-state index contributed by atoms with van der Waals surface area (Å²) in [6.07, 6.45) is 2.53. The van der Waals surface area contributed by atoms with Crippen molar-refractivity contribution in [3.8, 4) is 0 Å². The molecule has 1 aliphatic heterocycles. The standard InChI is InChI=1S/C16H25BrN2/c1-4-6-16-11-19(12(2)10-18-16)13(3)14-7-5-8-15(17)9-14/h5,7-9,12-13,16,18H,4,6,10-11H2,1-3H3. The zero-order chi connectivity index (χ0) is 13.8. The summed E-state index contributed by atoms with van der Waals surface area (Å²) in [5.74, 6) is 0. The summed E-state index contributed by atoms with van der Waals surface area (Å²) >= 11 is 3.58. The average molecular weight is 325 g/mol. The number of nitrogens with zero attached hydrogens (tertiary/aromatic N) is 1. The van der Waals surface area contributed by atoms with E-state index in [0.717, 1.165) is 13.1 Å². The Hall–Kier alpha value is -0.380. The SMILES string of the molecule is CCCC1CN(C(C)c2cccc(Br)c2)C(C)CN1. The number of halogens is 1. The van der Waals surface area contributed by atoms with E-state index in [0.29, 0.717) is 18.1 Å². The van der Waals surface area contributed by atoms with Gasteiger partial charge in [0, 0.05) is 35.7 Å². The van der Waals surface area contributed by atoms with Gasteiger partial charge in [0.05, 0.1) is 0 Å². The lowest BCUT2D eigenvalue weighted by Gasteiger charge is -2.42. The summed E-state index contributed by atoms with van der Waals surface area (Å²) in [6, 6.07) is 10.4. The first kappa shape index (κ1) is 15.0. The van der Waals surface area contributed by atoms with E-state index in [2.05, 4.69) is 71.2 Å². The van der Waals surface area contributed by atoms with Gasteiger partial charge in [0.15, 0.2) is 0 Å². The molecule has 2 rings (SSSR count). The predicted octanol–water partition coefficient (Wildman–Crippen LogP) is 3.97. The van der Waals surface area contributed by atoms with Crippen molar-refractivity contribution >= 4 is 15.9 Å². The molecule has 1 aromatic carbocycles. The lowest BCUT2D eigenvalue weighted by atomic mass is 10.00. The molecule has 0 aliphatic carbocycles. The van der Waals surface area contributed by atoms with Crippen molar-refractivity contribution in [3.63, 3.8) is 0 Å². The molecule has 0 aromatic heterocycles. The molecule has 1 aliphatic rings. The third-order valence-electron chi connectivity index (χ3n) is 4.16. The molecule has 0 saturated carbocycles. The quantitative estimate of drug-likeness (QED) is 0.901. The molecule has 3 unspecified atom stereocenters. The zero-order valence-corrected chi connectivity index (χ0v) is 13.8. The van der Waals surface area contributed by atoms with Crippen LogP contribution in [-0.2, 0) is 0 Å². The first-order valence-corrected chi connectivity index (χ1v) is 8.15. The van der Waals surface area contributed by atoms with Crippen molar-refractivity contribution in [2.75, 3.05) is 13.1 Å². The normalized spacial score (nSPS) is 26.3. The van der Waals surface area contributed by atoms with E-state index in [9.17, 15) is 0 Å². The first-order chi connectivity index (χ1) is 9.11. The summed E-state index contributed by atoms with van der Waals surface area (Å²) in [5.41, 5.74) is 1.40. The van der Waals surface area contributed by atoms with Crippen molar-refractivity contribution in [3.05, 3.63) is 34.3 Å². The van der Waals surface area contributed by atoms with Crippen LogP contribution in [0.15, 0.2) is 28.7 Å². The Morgan fingerprint density at radius 1 is 1.47 bits per heavy atom. The van der Waals surface area contributed by atoms with Gasteiger partial charge in [-0.05, 0) is 38.0 Å². The van der Waals surface area contributed by atoms with Crippen molar-refractivity contribution in [2.45, 2.75) is 51.7 Å². The summed E-state index contributed by atoms with van der Waals surface area (Å²) in [4.78, 5) is 2.64. The van der Waals surface area contributed by atoms with Crippen LogP contribution in [0.5, 0.6) is 0 Å². The molecule has 19 heavy (non-hydrogen) atoms. The minimum Gasteiger partial charge on any atom is -0.311 e. The second-order valence-corrected chi connectivity index (χ2v) is 6.59. The highest BCUT2D eigenvalue weighted by Gasteiger charge is 2.28. The topological polar surface area (TPSA) is 15.3 Å². The summed E-state index contributed by atoms with van der Waals surface area (Å²) in [7, 11) is 0. The van der Waals surface area contributed by atoms with Gasteiger partial charge in [0.1, 0.15) is 0 Å². The van der Waals surface area contributed by atoms with Crippen LogP contribution >= 0.6 is 15.9 Å². The Balaban J connectivity index is 2.09. The molecule has 3 heteroatoms. The molecule has 0 amide bonds. The summed E-state index contributed by atoms with van der Waals surface area (Å²) in [6.45, 7) is 9.17. The Bertz CT molecular complexity index is 407. The fourth-order valence-electron chi connectivity index (χ4n) is 2.99. The maximum absolute atomic E-state index is 3.67. The van der Waals surface area contributed by atoms with Gasteiger partial charge in [-0.1, -0.05) is 41.4 Å². The maximum Gasteiger partial charge on any atom is 0.0324 e. The van der Waals surface area contributed by atoms with Crippen LogP contribution in [0.1, 0.15) is 45.2 Å². The highest BCUT2D eigenvalue weighted by atomic mass is 79.9. The van der Waals surface area contributed by atoms with E-state index in [1.54, 1.807) is 0 Å². The molecule has 2 nitrogen and oxygen atoms in total. The van der Waals surface area contributed by atoms with E-state index in [1.165, 1.54) is 22.9 Å². The molecule has 3 atom stereocenters. The van der Waals surface area contributed by atoms with Crippen molar-refractivity contribution in [2.24, 2.45) is 0 Å². The number of benzene rings is 1. The summed E-state index contributed by atoms with van der Waals surface area (Å²) in [5, 5.41) is 3.67. The fourth-order valence-corrected chi connectivity index (χ4v) is 3.41.